The van der Waals surface area contributed by atoms with E-state index in [-0.39, 0.29) is 0 Å². The zero-order valence-corrected chi connectivity index (χ0v) is 10.8. The average Bonchev–Trinajstić information content (AvgIpc) is 1.93. The van der Waals surface area contributed by atoms with E-state index in [9.17, 15) is 0 Å². The van der Waals surface area contributed by atoms with Crippen LogP contribution in [0.4, 0.5) is 0 Å². The van der Waals surface area contributed by atoms with Gasteiger partial charge < -0.3 is 4.74 Å². The molecule has 0 atom stereocenters. The van der Waals surface area contributed by atoms with Crippen molar-refractivity contribution in [3.05, 3.63) is 12.2 Å². The van der Waals surface area contributed by atoms with Gasteiger partial charge in [0.2, 0.25) is 0 Å². The van der Waals surface area contributed by atoms with E-state index in [1.165, 1.54) is 12.5 Å². The normalized spacial score (nSPS) is 11.7. The first-order valence-corrected chi connectivity index (χ1v) is 9.05. The van der Waals surface area contributed by atoms with Gasteiger partial charge in [-0.05, 0) is 19.4 Å². The van der Waals surface area contributed by atoms with Gasteiger partial charge in [-0.25, -0.2) is 0 Å². The van der Waals surface area contributed by atoms with Crippen LogP contribution < -0.4 is 0 Å². The van der Waals surface area contributed by atoms with Crippen molar-refractivity contribution in [2.75, 3.05) is 13.2 Å². The Morgan fingerprint density at radius 3 is 2.46 bits per heavy atom. The lowest BCUT2D eigenvalue weighted by molar-refractivity contribution is 0.153. The van der Waals surface area contributed by atoms with Gasteiger partial charge in [-0.1, -0.05) is 31.7 Å². The van der Waals surface area contributed by atoms with E-state index >= 15 is 0 Å². The van der Waals surface area contributed by atoms with Crippen molar-refractivity contribution in [3.63, 3.8) is 0 Å². The second kappa shape index (κ2) is 6.63. The van der Waals surface area contributed by atoms with E-state index in [1.807, 2.05) is 6.92 Å². The van der Waals surface area contributed by atoms with Crippen molar-refractivity contribution in [1.29, 1.82) is 0 Å². The maximum atomic E-state index is 6.18. The summed E-state index contributed by atoms with van der Waals surface area (Å²) in [6.07, 6.45) is 2.31. The van der Waals surface area contributed by atoms with Crippen LogP contribution in [0.1, 0.15) is 19.8 Å². The van der Waals surface area contributed by atoms with Gasteiger partial charge in [0, 0.05) is 6.61 Å². The number of rotatable bonds is 7. The van der Waals surface area contributed by atoms with Crippen LogP contribution >= 0.6 is 11.1 Å². The molecule has 0 aliphatic heterocycles. The SMILES string of the molecule is C=C(C)COCCCC[Si](C)(C)Cl. The Balaban J connectivity index is 3.13. The molecule has 0 amide bonds. The summed E-state index contributed by atoms with van der Waals surface area (Å²) in [5, 5.41) is 0. The van der Waals surface area contributed by atoms with E-state index in [2.05, 4.69) is 19.7 Å². The lowest BCUT2D eigenvalue weighted by Gasteiger charge is -2.11. The van der Waals surface area contributed by atoms with Gasteiger partial charge in [0.1, 0.15) is 7.38 Å². The summed E-state index contributed by atoms with van der Waals surface area (Å²) in [7, 11) is -1.34. The highest BCUT2D eigenvalue weighted by molar-refractivity contribution is 7.19. The first-order chi connectivity index (χ1) is 5.92. The monoisotopic (exact) mass is 220 g/mol. The van der Waals surface area contributed by atoms with Crippen LogP contribution in [-0.2, 0) is 4.74 Å². The maximum absolute atomic E-state index is 6.18. The summed E-state index contributed by atoms with van der Waals surface area (Å²) in [6.45, 7) is 11.7. The van der Waals surface area contributed by atoms with Gasteiger partial charge in [0.15, 0.2) is 0 Å². The molecular weight excluding hydrogens is 200 g/mol. The van der Waals surface area contributed by atoms with Crippen molar-refractivity contribution in [2.45, 2.75) is 38.9 Å². The topological polar surface area (TPSA) is 9.23 Å². The maximum Gasteiger partial charge on any atom is 0.150 e. The Labute approximate surface area is 87.8 Å². The van der Waals surface area contributed by atoms with E-state index in [1.54, 1.807) is 0 Å². The summed E-state index contributed by atoms with van der Waals surface area (Å²) in [6, 6.07) is 1.19. The number of ether oxygens (including phenoxy) is 1. The highest BCUT2D eigenvalue weighted by Gasteiger charge is 2.15. The molecule has 0 spiro atoms. The van der Waals surface area contributed by atoms with Crippen LogP contribution in [0.2, 0.25) is 19.1 Å². The van der Waals surface area contributed by atoms with E-state index in [0.717, 1.165) is 18.6 Å². The highest BCUT2D eigenvalue weighted by Crippen LogP contribution is 2.17. The molecule has 0 aromatic heterocycles. The van der Waals surface area contributed by atoms with Gasteiger partial charge in [-0.2, -0.15) is 11.1 Å². The molecule has 13 heavy (non-hydrogen) atoms. The summed E-state index contributed by atoms with van der Waals surface area (Å²) in [4.78, 5) is 0. The first kappa shape index (κ1) is 13.2. The molecule has 0 aliphatic rings. The van der Waals surface area contributed by atoms with Gasteiger partial charge in [-0.15, -0.1) is 0 Å². The van der Waals surface area contributed by atoms with Gasteiger partial charge in [-0.3, -0.25) is 0 Å². The predicted molar refractivity (Wildman–Crippen MR) is 63.0 cm³/mol. The molecule has 0 heterocycles. The molecule has 0 aromatic carbocycles. The second-order valence-corrected chi connectivity index (χ2v) is 11.2. The molecule has 0 unspecified atom stereocenters. The number of hydrogen-bond acceptors (Lipinski definition) is 1. The van der Waals surface area contributed by atoms with Crippen LogP contribution in [0, 0.1) is 0 Å². The number of halogens is 1. The van der Waals surface area contributed by atoms with Gasteiger partial charge in [0.05, 0.1) is 6.61 Å². The third-order valence-corrected chi connectivity index (χ3v) is 3.77. The first-order valence-electron chi connectivity index (χ1n) is 4.83. The quantitative estimate of drug-likeness (QED) is 0.275. The molecule has 78 valence electrons. The molecule has 0 N–H and O–H groups in total. The predicted octanol–water partition coefficient (Wildman–Crippen LogP) is 3.80. The third-order valence-electron chi connectivity index (χ3n) is 1.66. The number of hydrogen-bond donors (Lipinski definition) is 0. The van der Waals surface area contributed by atoms with Crippen LogP contribution in [0.5, 0.6) is 0 Å². The van der Waals surface area contributed by atoms with Crippen molar-refractivity contribution in [1.82, 2.24) is 0 Å². The largest absolute Gasteiger partial charge is 0.377 e. The van der Waals surface area contributed by atoms with Crippen LogP contribution in [0.15, 0.2) is 12.2 Å². The molecule has 0 aliphatic carbocycles. The fraction of sp³-hybridized carbons (Fsp3) is 0.800. The lowest BCUT2D eigenvalue weighted by atomic mass is 10.3. The Bertz CT molecular complexity index is 151. The average molecular weight is 221 g/mol. The summed E-state index contributed by atoms with van der Waals surface area (Å²) in [5.41, 5.74) is 1.09. The van der Waals surface area contributed by atoms with Crippen molar-refractivity contribution in [2.24, 2.45) is 0 Å². The molecule has 0 radical (unpaired) electrons. The van der Waals surface area contributed by atoms with Crippen LogP contribution in [-0.4, -0.2) is 20.6 Å². The molecule has 0 saturated heterocycles. The molecular formula is C10H21ClOSi. The fourth-order valence-corrected chi connectivity index (χ4v) is 2.49. The summed E-state index contributed by atoms with van der Waals surface area (Å²) < 4.78 is 5.38. The van der Waals surface area contributed by atoms with E-state index < -0.39 is 7.38 Å². The Morgan fingerprint density at radius 1 is 1.38 bits per heavy atom. The fourth-order valence-electron chi connectivity index (χ4n) is 0.996. The second-order valence-electron chi connectivity index (χ2n) is 4.19. The zero-order chi connectivity index (χ0) is 10.3. The highest BCUT2D eigenvalue weighted by atomic mass is 35.6. The Kier molecular flexibility index (Phi) is 6.74. The minimum atomic E-state index is -1.34. The van der Waals surface area contributed by atoms with E-state index in [4.69, 9.17) is 15.8 Å². The third kappa shape index (κ3) is 12.2. The molecule has 1 nitrogen and oxygen atoms in total. The number of unbranched alkanes of at least 4 members (excludes halogenated alkanes) is 1. The molecule has 0 rings (SSSR count). The van der Waals surface area contributed by atoms with Crippen molar-refractivity contribution in [3.8, 4) is 0 Å². The van der Waals surface area contributed by atoms with Crippen LogP contribution in [0.3, 0.4) is 0 Å². The summed E-state index contributed by atoms with van der Waals surface area (Å²) >= 11 is 6.18. The van der Waals surface area contributed by atoms with E-state index in [0.29, 0.717) is 6.61 Å². The molecule has 3 heteroatoms. The minimum Gasteiger partial charge on any atom is -0.377 e. The smallest absolute Gasteiger partial charge is 0.150 e. The zero-order valence-electron chi connectivity index (χ0n) is 9.03. The standard InChI is InChI=1S/C10H21ClOSi/c1-10(2)9-12-7-5-6-8-13(3,4)11/h1,5-9H2,2-4H3. The summed E-state index contributed by atoms with van der Waals surface area (Å²) in [5.74, 6) is 0. The van der Waals surface area contributed by atoms with Crippen molar-refractivity contribution < 1.29 is 4.74 Å². The van der Waals surface area contributed by atoms with Crippen LogP contribution in [0.25, 0.3) is 0 Å². The molecule has 0 bridgehead atoms. The Morgan fingerprint density at radius 2 is 2.00 bits per heavy atom. The lowest BCUT2D eigenvalue weighted by Crippen LogP contribution is -2.15. The molecule has 0 aromatic rings. The molecule has 0 saturated carbocycles. The van der Waals surface area contributed by atoms with Gasteiger partial charge >= 0.3 is 0 Å². The Hall–Kier alpha value is 0.207. The van der Waals surface area contributed by atoms with Crippen molar-refractivity contribution >= 4 is 18.5 Å². The van der Waals surface area contributed by atoms with Gasteiger partial charge in [0.25, 0.3) is 0 Å². The molecule has 0 fully saturated rings. The minimum absolute atomic E-state index is 0.696.